The first-order valence-electron chi connectivity index (χ1n) is 7.30. The lowest BCUT2D eigenvalue weighted by atomic mass is 10.1. The van der Waals surface area contributed by atoms with Crippen molar-refractivity contribution in [1.29, 1.82) is 0 Å². The van der Waals surface area contributed by atoms with E-state index in [2.05, 4.69) is 10.5 Å². The molecule has 6 nitrogen and oxygen atoms in total. The van der Waals surface area contributed by atoms with Gasteiger partial charge in [0.2, 0.25) is 5.91 Å². The van der Waals surface area contributed by atoms with Crippen molar-refractivity contribution in [3.63, 3.8) is 0 Å². The molecular formula is C16H20N2O4S. The van der Waals surface area contributed by atoms with Gasteiger partial charge in [0.05, 0.1) is 23.6 Å². The lowest BCUT2D eigenvalue weighted by Crippen LogP contribution is -2.30. The van der Waals surface area contributed by atoms with Crippen molar-refractivity contribution in [3.05, 3.63) is 52.9 Å². The van der Waals surface area contributed by atoms with Gasteiger partial charge in [-0.1, -0.05) is 35.5 Å². The quantitative estimate of drug-likeness (QED) is 0.829. The maximum atomic E-state index is 12.0. The number of hydrogen-bond acceptors (Lipinski definition) is 5. The number of nitrogens with zero attached hydrogens (tertiary/aromatic N) is 1. The number of rotatable bonds is 7. The van der Waals surface area contributed by atoms with Gasteiger partial charge in [0.1, 0.15) is 5.76 Å². The van der Waals surface area contributed by atoms with Gasteiger partial charge in [-0.3, -0.25) is 4.79 Å². The monoisotopic (exact) mass is 336 g/mol. The third kappa shape index (κ3) is 5.21. The van der Waals surface area contributed by atoms with Gasteiger partial charge in [0.15, 0.2) is 9.84 Å². The molecular weight excluding hydrogens is 316 g/mol. The van der Waals surface area contributed by atoms with Gasteiger partial charge in [-0.25, -0.2) is 8.42 Å². The molecule has 7 heteroatoms. The van der Waals surface area contributed by atoms with Gasteiger partial charge in [0, 0.05) is 12.1 Å². The zero-order chi connectivity index (χ0) is 16.9. The molecule has 0 aliphatic heterocycles. The summed E-state index contributed by atoms with van der Waals surface area (Å²) in [6.07, 6.45) is 0.139. The molecule has 0 atom stereocenters. The van der Waals surface area contributed by atoms with Gasteiger partial charge in [0.25, 0.3) is 0 Å². The number of aryl methyl sites for hydroxylation is 2. The Morgan fingerprint density at radius 1 is 1.22 bits per heavy atom. The van der Waals surface area contributed by atoms with Gasteiger partial charge >= 0.3 is 0 Å². The van der Waals surface area contributed by atoms with Gasteiger partial charge < -0.3 is 9.84 Å². The Hall–Kier alpha value is -2.15. The molecule has 2 rings (SSSR count). The summed E-state index contributed by atoms with van der Waals surface area (Å²) in [5, 5.41) is 6.41. The number of nitrogens with one attached hydrogen (secondary N) is 1. The van der Waals surface area contributed by atoms with Crippen molar-refractivity contribution in [2.24, 2.45) is 0 Å². The molecule has 124 valence electrons. The number of carbonyl (C=O) groups excluding carboxylic acids is 1. The molecule has 0 fully saturated rings. The van der Waals surface area contributed by atoms with Crippen LogP contribution in [0.4, 0.5) is 0 Å². The summed E-state index contributed by atoms with van der Waals surface area (Å²) >= 11 is 0. The summed E-state index contributed by atoms with van der Waals surface area (Å²) < 4.78 is 29.1. The third-order valence-electron chi connectivity index (χ3n) is 3.48. The second kappa shape index (κ2) is 7.41. The first-order chi connectivity index (χ1) is 10.9. The predicted octanol–water partition coefficient (Wildman–Crippen LogP) is 1.57. The summed E-state index contributed by atoms with van der Waals surface area (Å²) in [5.74, 6) is 0.256. The van der Waals surface area contributed by atoms with Crippen LogP contribution in [0.1, 0.15) is 22.6 Å². The van der Waals surface area contributed by atoms with E-state index in [4.69, 9.17) is 4.52 Å². The molecule has 1 aromatic carbocycles. The average molecular weight is 336 g/mol. The summed E-state index contributed by atoms with van der Waals surface area (Å²) in [6.45, 7) is 3.60. The summed E-state index contributed by atoms with van der Waals surface area (Å²) in [7, 11) is -3.25. The number of sulfone groups is 1. The Balaban J connectivity index is 1.81. The lowest BCUT2D eigenvalue weighted by Gasteiger charge is -2.07. The van der Waals surface area contributed by atoms with Crippen LogP contribution in [0.3, 0.4) is 0 Å². The van der Waals surface area contributed by atoms with E-state index in [9.17, 15) is 13.2 Å². The fraction of sp³-hybridized carbons (Fsp3) is 0.375. The molecule has 1 heterocycles. The van der Waals surface area contributed by atoms with Crippen LogP contribution < -0.4 is 5.32 Å². The van der Waals surface area contributed by atoms with Crippen LogP contribution >= 0.6 is 0 Å². The molecule has 0 spiro atoms. The van der Waals surface area contributed by atoms with E-state index >= 15 is 0 Å². The van der Waals surface area contributed by atoms with E-state index in [0.29, 0.717) is 11.5 Å². The minimum Gasteiger partial charge on any atom is -0.361 e. The van der Waals surface area contributed by atoms with Crippen LogP contribution in [0.25, 0.3) is 0 Å². The van der Waals surface area contributed by atoms with Crippen LogP contribution in [-0.2, 0) is 26.8 Å². The topological polar surface area (TPSA) is 89.3 Å². The largest absolute Gasteiger partial charge is 0.361 e. The Morgan fingerprint density at radius 2 is 1.91 bits per heavy atom. The second-order valence-electron chi connectivity index (χ2n) is 5.41. The van der Waals surface area contributed by atoms with E-state index in [0.717, 1.165) is 11.1 Å². The van der Waals surface area contributed by atoms with Crippen LogP contribution in [0.2, 0.25) is 0 Å². The second-order valence-corrected chi connectivity index (χ2v) is 7.59. The summed E-state index contributed by atoms with van der Waals surface area (Å²) in [6, 6.07) is 8.98. The Labute approximate surface area is 135 Å². The molecule has 1 N–H and O–H groups in total. The molecule has 0 radical (unpaired) electrons. The smallest absolute Gasteiger partial charge is 0.224 e. The number of carbonyl (C=O) groups is 1. The van der Waals surface area contributed by atoms with Crippen molar-refractivity contribution >= 4 is 15.7 Å². The van der Waals surface area contributed by atoms with E-state index in [1.165, 1.54) is 0 Å². The Kier molecular flexibility index (Phi) is 5.54. The minimum atomic E-state index is -3.25. The number of amides is 1. The molecule has 0 saturated carbocycles. The molecule has 0 aliphatic carbocycles. The fourth-order valence-corrected chi connectivity index (χ4v) is 3.48. The zero-order valence-electron chi connectivity index (χ0n) is 13.2. The van der Waals surface area contributed by atoms with Crippen molar-refractivity contribution in [2.75, 3.05) is 12.3 Å². The molecule has 0 aliphatic rings. The zero-order valence-corrected chi connectivity index (χ0v) is 14.0. The van der Waals surface area contributed by atoms with E-state index < -0.39 is 9.84 Å². The van der Waals surface area contributed by atoms with Gasteiger partial charge in [-0.2, -0.15) is 0 Å². The van der Waals surface area contributed by atoms with Gasteiger partial charge in [-0.15, -0.1) is 0 Å². The van der Waals surface area contributed by atoms with Crippen LogP contribution in [0.5, 0.6) is 0 Å². The minimum absolute atomic E-state index is 0.0203. The van der Waals surface area contributed by atoms with Crippen LogP contribution in [0, 0.1) is 13.8 Å². The highest BCUT2D eigenvalue weighted by Gasteiger charge is 2.15. The Bertz CT molecular complexity index is 747. The highest BCUT2D eigenvalue weighted by atomic mass is 32.2. The highest BCUT2D eigenvalue weighted by molar-refractivity contribution is 7.90. The van der Waals surface area contributed by atoms with Crippen molar-refractivity contribution in [2.45, 2.75) is 26.0 Å². The van der Waals surface area contributed by atoms with E-state index in [1.807, 2.05) is 6.07 Å². The number of aromatic nitrogens is 1. The normalized spacial score (nSPS) is 11.4. The van der Waals surface area contributed by atoms with Crippen molar-refractivity contribution < 1.29 is 17.7 Å². The first kappa shape index (κ1) is 17.2. The molecule has 0 saturated heterocycles. The molecule has 1 aromatic heterocycles. The lowest BCUT2D eigenvalue weighted by molar-refractivity contribution is -0.120. The molecule has 2 aromatic rings. The fourth-order valence-electron chi connectivity index (χ4n) is 2.22. The average Bonchev–Trinajstić information content (AvgIpc) is 2.79. The summed E-state index contributed by atoms with van der Waals surface area (Å²) in [5.41, 5.74) is 2.17. The highest BCUT2D eigenvalue weighted by Crippen LogP contribution is 2.12. The number of benzene rings is 1. The third-order valence-corrected chi connectivity index (χ3v) is 5.08. The standard InChI is InChI=1S/C16H20N2O4S/c1-12-15(13(2)22-18-12)10-16(19)17-8-9-23(20,21)11-14-6-4-3-5-7-14/h3-7H,8-11H2,1-2H3,(H,17,19). The molecule has 0 unspecified atom stereocenters. The maximum Gasteiger partial charge on any atom is 0.224 e. The van der Waals surface area contributed by atoms with Crippen LogP contribution in [-0.4, -0.2) is 31.8 Å². The predicted molar refractivity (Wildman–Crippen MR) is 86.6 cm³/mol. The van der Waals surface area contributed by atoms with Crippen LogP contribution in [0.15, 0.2) is 34.9 Å². The van der Waals surface area contributed by atoms with Gasteiger partial charge in [-0.05, 0) is 19.4 Å². The van der Waals surface area contributed by atoms with E-state index in [1.54, 1.807) is 38.1 Å². The summed E-state index contributed by atoms with van der Waals surface area (Å²) in [4.78, 5) is 11.9. The number of hydrogen-bond donors (Lipinski definition) is 1. The molecule has 0 bridgehead atoms. The Morgan fingerprint density at radius 3 is 2.52 bits per heavy atom. The van der Waals surface area contributed by atoms with E-state index in [-0.39, 0.29) is 30.4 Å². The first-order valence-corrected chi connectivity index (χ1v) is 9.12. The maximum absolute atomic E-state index is 12.0. The van der Waals surface area contributed by atoms with Crippen molar-refractivity contribution in [1.82, 2.24) is 10.5 Å². The molecule has 23 heavy (non-hydrogen) atoms. The van der Waals surface area contributed by atoms with Crippen molar-refractivity contribution in [3.8, 4) is 0 Å². The SMILES string of the molecule is Cc1noc(C)c1CC(=O)NCCS(=O)(=O)Cc1ccccc1. The molecule has 1 amide bonds.